The number of methoxy groups -OCH3 is 1. The Morgan fingerprint density at radius 1 is 1.03 bits per heavy atom. The molecule has 2 atom stereocenters. The van der Waals surface area contributed by atoms with Gasteiger partial charge in [0, 0.05) is 31.2 Å². The van der Waals surface area contributed by atoms with Crippen LogP contribution >= 0.6 is 0 Å². The molecule has 2 aliphatic heterocycles. The van der Waals surface area contributed by atoms with Crippen LogP contribution in [0.2, 0.25) is 0 Å². The standard InChI is InChI=1S/C27H34N2O6/c1-33-21-10-7-19(8-11-21)23(30)5-4-6-26(31)28-22(18-29-13-2-3-14-29)27(32)20-9-12-24-25(17-20)35-16-15-34-24/h7-12,17,22,27,32H,2-6,13-16,18H2,1H3,(H,28,31)/p+1/t22-,27-/m1/s1. The molecule has 2 heterocycles. The lowest BCUT2D eigenvalue weighted by atomic mass is 10.00. The smallest absolute Gasteiger partial charge is 0.220 e. The van der Waals surface area contributed by atoms with Gasteiger partial charge in [-0.15, -0.1) is 0 Å². The number of Topliss-reactive ketones (excluding diaryl/α,β-unsaturated/α-hetero) is 1. The minimum Gasteiger partial charge on any atom is -0.497 e. The summed E-state index contributed by atoms with van der Waals surface area (Å²) < 4.78 is 16.4. The third-order valence-corrected chi connectivity index (χ3v) is 6.67. The predicted octanol–water partition coefficient (Wildman–Crippen LogP) is 1.72. The highest BCUT2D eigenvalue weighted by molar-refractivity contribution is 5.96. The minimum absolute atomic E-state index is 0.00479. The number of nitrogens with one attached hydrogen (secondary N) is 2. The molecule has 0 aromatic heterocycles. The molecule has 1 fully saturated rings. The average Bonchev–Trinajstić information content (AvgIpc) is 3.40. The molecule has 0 bridgehead atoms. The highest BCUT2D eigenvalue weighted by atomic mass is 16.6. The Morgan fingerprint density at radius 2 is 1.74 bits per heavy atom. The first-order valence-electron chi connectivity index (χ1n) is 12.4. The molecule has 0 aliphatic carbocycles. The molecular weight excluding hydrogens is 448 g/mol. The first-order chi connectivity index (χ1) is 17.0. The number of likely N-dealkylation sites (tertiary alicyclic amines) is 1. The van der Waals surface area contributed by atoms with E-state index in [4.69, 9.17) is 14.2 Å². The number of aliphatic hydroxyl groups is 1. The van der Waals surface area contributed by atoms with Gasteiger partial charge in [0.05, 0.1) is 20.2 Å². The van der Waals surface area contributed by atoms with Gasteiger partial charge in [-0.1, -0.05) is 6.07 Å². The molecule has 0 spiro atoms. The van der Waals surface area contributed by atoms with E-state index in [9.17, 15) is 14.7 Å². The molecule has 1 amide bonds. The van der Waals surface area contributed by atoms with E-state index in [-0.39, 0.29) is 24.5 Å². The van der Waals surface area contributed by atoms with Crippen LogP contribution in [0.5, 0.6) is 17.2 Å². The number of carbonyl (C=O) groups excluding carboxylic acids is 2. The molecule has 1 saturated heterocycles. The molecule has 8 heteroatoms. The summed E-state index contributed by atoms with van der Waals surface area (Å²) in [6.07, 6.45) is 2.39. The topological polar surface area (TPSA) is 98.5 Å². The predicted molar refractivity (Wildman–Crippen MR) is 130 cm³/mol. The fraction of sp³-hybridized carbons (Fsp3) is 0.481. The number of benzene rings is 2. The average molecular weight is 484 g/mol. The quantitative estimate of drug-likeness (QED) is 0.421. The van der Waals surface area contributed by atoms with Crippen molar-refractivity contribution in [3.05, 3.63) is 53.6 Å². The van der Waals surface area contributed by atoms with E-state index in [0.29, 0.717) is 54.6 Å². The van der Waals surface area contributed by atoms with Crippen LogP contribution in [0.25, 0.3) is 0 Å². The molecule has 0 saturated carbocycles. The Morgan fingerprint density at radius 3 is 2.46 bits per heavy atom. The van der Waals surface area contributed by atoms with E-state index in [1.54, 1.807) is 43.5 Å². The normalized spacial score (nSPS) is 17.0. The zero-order valence-electron chi connectivity index (χ0n) is 20.3. The number of fused-ring (bicyclic) bond motifs is 1. The number of ketones is 1. The summed E-state index contributed by atoms with van der Waals surface area (Å²) in [6, 6.07) is 12.0. The van der Waals surface area contributed by atoms with Crippen molar-refractivity contribution in [2.24, 2.45) is 0 Å². The molecule has 35 heavy (non-hydrogen) atoms. The third-order valence-electron chi connectivity index (χ3n) is 6.67. The number of ether oxygens (including phenoxy) is 3. The van der Waals surface area contributed by atoms with Gasteiger partial charge in [0.25, 0.3) is 0 Å². The van der Waals surface area contributed by atoms with E-state index in [1.165, 1.54) is 4.90 Å². The van der Waals surface area contributed by atoms with Crippen molar-refractivity contribution in [2.45, 2.75) is 44.2 Å². The second kappa shape index (κ2) is 12.0. The molecule has 8 nitrogen and oxygen atoms in total. The zero-order chi connectivity index (χ0) is 24.6. The molecule has 2 aliphatic rings. The van der Waals surface area contributed by atoms with Crippen LogP contribution in [-0.4, -0.2) is 62.8 Å². The van der Waals surface area contributed by atoms with Crippen LogP contribution in [0.3, 0.4) is 0 Å². The Bertz CT molecular complexity index is 1000. The zero-order valence-corrected chi connectivity index (χ0v) is 20.3. The van der Waals surface area contributed by atoms with Gasteiger partial charge in [-0.2, -0.15) is 0 Å². The monoisotopic (exact) mass is 483 g/mol. The van der Waals surface area contributed by atoms with Gasteiger partial charge >= 0.3 is 0 Å². The number of quaternary nitrogens is 1. The fourth-order valence-electron chi connectivity index (χ4n) is 4.72. The van der Waals surface area contributed by atoms with Crippen LogP contribution in [0.15, 0.2) is 42.5 Å². The van der Waals surface area contributed by atoms with Gasteiger partial charge in [0.15, 0.2) is 17.3 Å². The second-order valence-electron chi connectivity index (χ2n) is 9.19. The van der Waals surface area contributed by atoms with Crippen molar-refractivity contribution in [3.63, 3.8) is 0 Å². The van der Waals surface area contributed by atoms with Gasteiger partial charge in [0.2, 0.25) is 5.91 Å². The summed E-state index contributed by atoms with van der Waals surface area (Å²) in [5.74, 6) is 1.81. The lowest BCUT2D eigenvalue weighted by Gasteiger charge is -2.27. The maximum absolute atomic E-state index is 12.8. The number of aliphatic hydroxyl groups excluding tert-OH is 1. The number of amides is 1. The lowest BCUT2D eigenvalue weighted by Crippen LogP contribution is -3.11. The number of hydrogen-bond donors (Lipinski definition) is 3. The van der Waals surface area contributed by atoms with Crippen molar-refractivity contribution in [3.8, 4) is 17.2 Å². The Balaban J connectivity index is 1.34. The van der Waals surface area contributed by atoms with Gasteiger partial charge in [-0.05, 0) is 48.4 Å². The molecule has 2 aromatic carbocycles. The van der Waals surface area contributed by atoms with Crippen molar-refractivity contribution in [1.82, 2.24) is 5.32 Å². The SMILES string of the molecule is COc1ccc(C(=O)CCCC(=O)N[C@H](C[NH+]2CCCC2)[C@H](O)c2ccc3c(c2)OCCO3)cc1. The van der Waals surface area contributed by atoms with Crippen molar-refractivity contribution >= 4 is 11.7 Å². The van der Waals surface area contributed by atoms with Gasteiger partial charge in [-0.3, -0.25) is 9.59 Å². The lowest BCUT2D eigenvalue weighted by molar-refractivity contribution is -0.889. The van der Waals surface area contributed by atoms with E-state index >= 15 is 0 Å². The van der Waals surface area contributed by atoms with Gasteiger partial charge in [-0.25, -0.2) is 0 Å². The van der Waals surface area contributed by atoms with E-state index in [2.05, 4.69) is 5.32 Å². The molecule has 188 valence electrons. The molecule has 3 N–H and O–H groups in total. The summed E-state index contributed by atoms with van der Waals surface area (Å²) in [7, 11) is 1.58. The molecule has 2 aromatic rings. The minimum atomic E-state index is -0.871. The van der Waals surface area contributed by atoms with Crippen LogP contribution in [0.1, 0.15) is 54.1 Å². The first kappa shape index (κ1) is 25.0. The van der Waals surface area contributed by atoms with Crippen LogP contribution in [0.4, 0.5) is 0 Å². The summed E-state index contributed by atoms with van der Waals surface area (Å²) in [4.78, 5) is 26.6. The number of rotatable bonds is 11. The largest absolute Gasteiger partial charge is 0.497 e. The van der Waals surface area contributed by atoms with Crippen molar-refractivity contribution in [2.75, 3.05) is 40.0 Å². The summed E-state index contributed by atoms with van der Waals surface area (Å²) in [5, 5.41) is 14.2. The summed E-state index contributed by atoms with van der Waals surface area (Å²) in [5.41, 5.74) is 1.29. The highest BCUT2D eigenvalue weighted by Gasteiger charge is 2.30. The third kappa shape index (κ3) is 6.74. The second-order valence-corrected chi connectivity index (χ2v) is 9.19. The van der Waals surface area contributed by atoms with Crippen LogP contribution < -0.4 is 24.4 Å². The Hall–Kier alpha value is -3.10. The highest BCUT2D eigenvalue weighted by Crippen LogP contribution is 2.33. The molecule has 0 unspecified atom stereocenters. The Labute approximate surface area is 206 Å². The van der Waals surface area contributed by atoms with E-state index < -0.39 is 12.1 Å². The number of hydrogen-bond acceptors (Lipinski definition) is 6. The first-order valence-corrected chi connectivity index (χ1v) is 12.4. The molecule has 0 radical (unpaired) electrons. The molecular formula is C27H35N2O6+. The maximum atomic E-state index is 12.8. The van der Waals surface area contributed by atoms with Crippen LogP contribution in [0, 0.1) is 0 Å². The summed E-state index contributed by atoms with van der Waals surface area (Å²) >= 11 is 0. The van der Waals surface area contributed by atoms with Crippen LogP contribution in [-0.2, 0) is 4.79 Å². The van der Waals surface area contributed by atoms with Gasteiger partial charge in [0.1, 0.15) is 37.7 Å². The van der Waals surface area contributed by atoms with E-state index in [1.807, 2.05) is 6.07 Å². The maximum Gasteiger partial charge on any atom is 0.220 e. The number of carbonyl (C=O) groups is 2. The van der Waals surface area contributed by atoms with Crippen molar-refractivity contribution < 1.29 is 33.8 Å². The fourth-order valence-corrected chi connectivity index (χ4v) is 4.72. The summed E-state index contributed by atoms with van der Waals surface area (Å²) in [6.45, 7) is 3.70. The van der Waals surface area contributed by atoms with Crippen molar-refractivity contribution in [1.29, 1.82) is 0 Å². The Kier molecular flexibility index (Phi) is 8.60. The molecule has 4 rings (SSSR count). The van der Waals surface area contributed by atoms with E-state index in [0.717, 1.165) is 25.9 Å². The van der Waals surface area contributed by atoms with Gasteiger partial charge < -0.3 is 29.5 Å².